The lowest BCUT2D eigenvalue weighted by atomic mass is 10.2. The SMILES string of the molecule is C=C(C)COC(=O)CCCCCO. The largest absolute Gasteiger partial charge is 0.461 e. The van der Waals surface area contributed by atoms with Crippen LogP contribution in [0.15, 0.2) is 12.2 Å². The molecule has 0 heterocycles. The smallest absolute Gasteiger partial charge is 0.306 e. The van der Waals surface area contributed by atoms with Crippen LogP contribution in [0.4, 0.5) is 0 Å². The van der Waals surface area contributed by atoms with Gasteiger partial charge in [-0.3, -0.25) is 4.79 Å². The van der Waals surface area contributed by atoms with Crippen molar-refractivity contribution in [3.05, 3.63) is 12.2 Å². The number of aliphatic hydroxyl groups excluding tert-OH is 1. The summed E-state index contributed by atoms with van der Waals surface area (Å²) < 4.78 is 4.88. The van der Waals surface area contributed by atoms with Crippen molar-refractivity contribution in [3.8, 4) is 0 Å². The molecule has 0 radical (unpaired) electrons. The summed E-state index contributed by atoms with van der Waals surface area (Å²) >= 11 is 0. The van der Waals surface area contributed by atoms with Gasteiger partial charge in [0.2, 0.25) is 0 Å². The molecule has 76 valence electrons. The van der Waals surface area contributed by atoms with Crippen molar-refractivity contribution in [1.29, 1.82) is 0 Å². The summed E-state index contributed by atoms with van der Waals surface area (Å²) in [4.78, 5) is 11.0. The number of esters is 1. The number of unbranched alkanes of at least 4 members (excludes halogenated alkanes) is 2. The molecule has 0 aromatic rings. The predicted octanol–water partition coefficient (Wildman–Crippen LogP) is 1.66. The van der Waals surface area contributed by atoms with Crippen molar-refractivity contribution >= 4 is 5.97 Å². The minimum absolute atomic E-state index is 0.180. The van der Waals surface area contributed by atoms with Crippen LogP contribution in [0.1, 0.15) is 32.6 Å². The van der Waals surface area contributed by atoms with E-state index in [1.54, 1.807) is 0 Å². The van der Waals surface area contributed by atoms with E-state index in [-0.39, 0.29) is 12.6 Å². The third kappa shape index (κ3) is 9.08. The van der Waals surface area contributed by atoms with Gasteiger partial charge in [0, 0.05) is 13.0 Å². The number of hydrogen-bond acceptors (Lipinski definition) is 3. The van der Waals surface area contributed by atoms with Crippen LogP contribution in [0.5, 0.6) is 0 Å². The number of aliphatic hydroxyl groups is 1. The molecule has 0 aliphatic carbocycles. The molecule has 0 fully saturated rings. The Hall–Kier alpha value is -0.830. The first-order chi connectivity index (χ1) is 6.16. The van der Waals surface area contributed by atoms with Crippen molar-refractivity contribution in [2.45, 2.75) is 32.6 Å². The van der Waals surface area contributed by atoms with Crippen molar-refractivity contribution in [2.24, 2.45) is 0 Å². The fourth-order valence-corrected chi connectivity index (χ4v) is 0.834. The number of hydrogen-bond donors (Lipinski definition) is 1. The Bertz CT molecular complexity index is 164. The van der Waals surface area contributed by atoms with Crippen molar-refractivity contribution in [1.82, 2.24) is 0 Å². The molecule has 0 saturated heterocycles. The molecule has 0 atom stereocenters. The van der Waals surface area contributed by atoms with E-state index >= 15 is 0 Å². The molecule has 0 unspecified atom stereocenters. The van der Waals surface area contributed by atoms with E-state index in [0.29, 0.717) is 13.0 Å². The van der Waals surface area contributed by atoms with Crippen LogP contribution < -0.4 is 0 Å². The van der Waals surface area contributed by atoms with Crippen LogP contribution >= 0.6 is 0 Å². The summed E-state index contributed by atoms with van der Waals surface area (Å²) in [5.41, 5.74) is 0.851. The predicted molar refractivity (Wildman–Crippen MR) is 51.3 cm³/mol. The average molecular weight is 186 g/mol. The first kappa shape index (κ1) is 12.2. The minimum atomic E-state index is -0.180. The van der Waals surface area contributed by atoms with Crippen LogP contribution in [0.3, 0.4) is 0 Å². The fraction of sp³-hybridized carbons (Fsp3) is 0.700. The average Bonchev–Trinajstić information content (AvgIpc) is 2.09. The summed E-state index contributed by atoms with van der Waals surface area (Å²) in [5, 5.41) is 8.48. The number of carbonyl (C=O) groups is 1. The molecule has 3 nitrogen and oxygen atoms in total. The molecule has 0 aromatic carbocycles. The molecule has 3 heteroatoms. The van der Waals surface area contributed by atoms with Gasteiger partial charge >= 0.3 is 5.97 Å². The van der Waals surface area contributed by atoms with Crippen molar-refractivity contribution < 1.29 is 14.6 Å². The Morgan fingerprint density at radius 3 is 2.62 bits per heavy atom. The van der Waals surface area contributed by atoms with Gasteiger partial charge in [0.1, 0.15) is 6.61 Å². The van der Waals surface area contributed by atoms with Gasteiger partial charge < -0.3 is 9.84 Å². The van der Waals surface area contributed by atoms with Crippen molar-refractivity contribution in [3.63, 3.8) is 0 Å². The highest BCUT2D eigenvalue weighted by Gasteiger charge is 2.01. The lowest BCUT2D eigenvalue weighted by Gasteiger charge is -2.03. The highest BCUT2D eigenvalue weighted by molar-refractivity contribution is 5.69. The van der Waals surface area contributed by atoms with E-state index in [4.69, 9.17) is 9.84 Å². The zero-order valence-electron chi connectivity index (χ0n) is 8.21. The maximum atomic E-state index is 11.0. The Kier molecular flexibility index (Phi) is 7.30. The minimum Gasteiger partial charge on any atom is -0.461 e. The van der Waals surface area contributed by atoms with Gasteiger partial charge in [-0.05, 0) is 25.3 Å². The second-order valence-corrected chi connectivity index (χ2v) is 3.15. The molecule has 1 N–H and O–H groups in total. The monoisotopic (exact) mass is 186 g/mol. The first-order valence-electron chi connectivity index (χ1n) is 4.57. The van der Waals surface area contributed by atoms with Crippen LogP contribution in [0.25, 0.3) is 0 Å². The topological polar surface area (TPSA) is 46.5 Å². The van der Waals surface area contributed by atoms with E-state index < -0.39 is 0 Å². The van der Waals surface area contributed by atoms with Crippen LogP contribution in [0.2, 0.25) is 0 Å². The van der Waals surface area contributed by atoms with Gasteiger partial charge in [-0.25, -0.2) is 0 Å². The van der Waals surface area contributed by atoms with E-state index in [9.17, 15) is 4.79 Å². The second-order valence-electron chi connectivity index (χ2n) is 3.15. The zero-order chi connectivity index (χ0) is 10.1. The Labute approximate surface area is 79.4 Å². The van der Waals surface area contributed by atoms with E-state index in [1.165, 1.54) is 0 Å². The first-order valence-corrected chi connectivity index (χ1v) is 4.57. The summed E-state index contributed by atoms with van der Waals surface area (Å²) in [6.45, 7) is 5.96. The van der Waals surface area contributed by atoms with Crippen LogP contribution in [-0.2, 0) is 9.53 Å². The summed E-state index contributed by atoms with van der Waals surface area (Å²) in [6, 6.07) is 0. The molecule has 0 spiro atoms. The molecule has 0 amide bonds. The number of ether oxygens (including phenoxy) is 1. The standard InChI is InChI=1S/C10H18O3/c1-9(2)8-13-10(12)6-4-3-5-7-11/h11H,1,3-8H2,2H3. The van der Waals surface area contributed by atoms with Gasteiger partial charge in [-0.15, -0.1) is 0 Å². The molecular weight excluding hydrogens is 168 g/mol. The van der Waals surface area contributed by atoms with E-state index in [0.717, 1.165) is 24.8 Å². The number of carbonyl (C=O) groups excluding carboxylic acids is 1. The summed E-state index contributed by atoms with van der Waals surface area (Å²) in [5.74, 6) is -0.180. The van der Waals surface area contributed by atoms with Gasteiger partial charge in [0.25, 0.3) is 0 Å². The van der Waals surface area contributed by atoms with Crippen molar-refractivity contribution in [2.75, 3.05) is 13.2 Å². The van der Waals surface area contributed by atoms with Gasteiger partial charge in [0.05, 0.1) is 0 Å². The second kappa shape index (κ2) is 7.80. The Morgan fingerprint density at radius 1 is 1.38 bits per heavy atom. The lowest BCUT2D eigenvalue weighted by Crippen LogP contribution is -2.05. The quantitative estimate of drug-likeness (QED) is 0.373. The lowest BCUT2D eigenvalue weighted by molar-refractivity contribution is -0.142. The van der Waals surface area contributed by atoms with E-state index in [2.05, 4.69) is 6.58 Å². The van der Waals surface area contributed by atoms with Gasteiger partial charge in [-0.1, -0.05) is 13.0 Å². The fourth-order valence-electron chi connectivity index (χ4n) is 0.834. The highest BCUT2D eigenvalue weighted by Crippen LogP contribution is 2.01. The van der Waals surface area contributed by atoms with Crippen LogP contribution in [0, 0.1) is 0 Å². The molecule has 0 aromatic heterocycles. The molecule has 0 aliphatic rings. The molecule has 0 rings (SSSR count). The maximum Gasteiger partial charge on any atom is 0.306 e. The Balaban J connectivity index is 3.25. The number of rotatable bonds is 7. The molecular formula is C10H18O3. The van der Waals surface area contributed by atoms with E-state index in [1.807, 2.05) is 6.92 Å². The third-order valence-electron chi connectivity index (χ3n) is 1.52. The zero-order valence-corrected chi connectivity index (χ0v) is 8.21. The molecule has 0 aliphatic heterocycles. The normalized spacial score (nSPS) is 9.69. The van der Waals surface area contributed by atoms with Gasteiger partial charge in [0.15, 0.2) is 0 Å². The molecule has 13 heavy (non-hydrogen) atoms. The maximum absolute atomic E-state index is 11.0. The van der Waals surface area contributed by atoms with Gasteiger partial charge in [-0.2, -0.15) is 0 Å². The molecule has 0 bridgehead atoms. The van der Waals surface area contributed by atoms with Crippen LogP contribution in [-0.4, -0.2) is 24.3 Å². The molecule has 0 saturated carbocycles. The summed E-state index contributed by atoms with van der Waals surface area (Å²) in [6.07, 6.45) is 2.86. The summed E-state index contributed by atoms with van der Waals surface area (Å²) in [7, 11) is 0. The third-order valence-corrected chi connectivity index (χ3v) is 1.52. The highest BCUT2D eigenvalue weighted by atomic mass is 16.5. The Morgan fingerprint density at radius 2 is 2.08 bits per heavy atom.